The van der Waals surface area contributed by atoms with Crippen molar-refractivity contribution >= 4 is 11.7 Å². The number of nitrogens with zero attached hydrogens (tertiary/aromatic N) is 4. The van der Waals surface area contributed by atoms with E-state index < -0.39 is 0 Å². The second-order valence-electron chi connectivity index (χ2n) is 4.87. The van der Waals surface area contributed by atoms with Crippen molar-refractivity contribution in [2.45, 2.75) is 20.4 Å². The van der Waals surface area contributed by atoms with Crippen LogP contribution in [0.15, 0.2) is 6.07 Å². The number of nitrogens with one attached hydrogen (secondary N) is 1. The predicted molar refractivity (Wildman–Crippen MR) is 73.8 cm³/mol. The summed E-state index contributed by atoms with van der Waals surface area (Å²) in [7, 11) is 1.84. The first-order chi connectivity index (χ1) is 9.08. The summed E-state index contributed by atoms with van der Waals surface area (Å²) in [5.74, 6) is 1.78. The molecule has 0 bridgehead atoms. The van der Waals surface area contributed by atoms with Gasteiger partial charge in [0.15, 0.2) is 0 Å². The molecule has 2 rings (SSSR count). The van der Waals surface area contributed by atoms with Crippen LogP contribution in [0.4, 0.5) is 5.82 Å². The summed E-state index contributed by atoms with van der Waals surface area (Å²) < 4.78 is 0. The number of carbonyl (C=O) groups is 1. The van der Waals surface area contributed by atoms with E-state index in [1.54, 1.807) is 4.90 Å². The van der Waals surface area contributed by atoms with Gasteiger partial charge in [0.05, 0.1) is 13.1 Å². The van der Waals surface area contributed by atoms with Gasteiger partial charge in [-0.25, -0.2) is 9.97 Å². The summed E-state index contributed by atoms with van der Waals surface area (Å²) in [6, 6.07) is 1.93. The molecule has 19 heavy (non-hydrogen) atoms. The Morgan fingerprint density at radius 2 is 2.16 bits per heavy atom. The molecule has 0 aromatic carbocycles. The molecule has 1 aromatic rings. The minimum absolute atomic E-state index is 0.158. The number of likely N-dealkylation sites (N-methyl/N-ethyl adjacent to an activating group) is 1. The molecule has 1 aliphatic rings. The summed E-state index contributed by atoms with van der Waals surface area (Å²) in [5.41, 5.74) is 0.946. The van der Waals surface area contributed by atoms with E-state index in [0.29, 0.717) is 13.1 Å². The largest absolute Gasteiger partial charge is 0.370 e. The van der Waals surface area contributed by atoms with Crippen LogP contribution in [0.25, 0.3) is 0 Å². The van der Waals surface area contributed by atoms with Crippen molar-refractivity contribution in [2.24, 2.45) is 0 Å². The SMILES string of the molecule is CCNc1cc(C)nc(CN2CCN(C)C(=O)C2)n1. The number of hydrogen-bond donors (Lipinski definition) is 1. The Morgan fingerprint density at radius 1 is 1.37 bits per heavy atom. The highest BCUT2D eigenvalue weighted by molar-refractivity contribution is 5.78. The van der Waals surface area contributed by atoms with Crippen molar-refractivity contribution in [3.05, 3.63) is 17.6 Å². The number of carbonyl (C=O) groups excluding carboxylic acids is 1. The molecule has 6 nitrogen and oxygen atoms in total. The normalized spacial score (nSPS) is 16.8. The maximum absolute atomic E-state index is 11.7. The third-order valence-corrected chi connectivity index (χ3v) is 3.16. The smallest absolute Gasteiger partial charge is 0.236 e. The molecule has 0 aliphatic carbocycles. The molecule has 1 fully saturated rings. The summed E-state index contributed by atoms with van der Waals surface area (Å²) in [6.07, 6.45) is 0. The molecule has 0 unspecified atom stereocenters. The van der Waals surface area contributed by atoms with Crippen LogP contribution in [-0.2, 0) is 11.3 Å². The van der Waals surface area contributed by atoms with Crippen LogP contribution in [0.3, 0.4) is 0 Å². The average Bonchev–Trinajstić information content (AvgIpc) is 2.33. The van der Waals surface area contributed by atoms with Gasteiger partial charge in [0, 0.05) is 38.4 Å². The van der Waals surface area contributed by atoms with E-state index >= 15 is 0 Å². The van der Waals surface area contributed by atoms with Crippen molar-refractivity contribution in [2.75, 3.05) is 38.5 Å². The molecule has 1 saturated heterocycles. The highest BCUT2D eigenvalue weighted by Gasteiger charge is 2.21. The number of aromatic nitrogens is 2. The zero-order valence-corrected chi connectivity index (χ0v) is 11.8. The van der Waals surface area contributed by atoms with E-state index in [9.17, 15) is 4.79 Å². The summed E-state index contributed by atoms with van der Waals surface area (Å²) >= 11 is 0. The Morgan fingerprint density at radius 3 is 2.84 bits per heavy atom. The fraction of sp³-hybridized carbons (Fsp3) is 0.615. The predicted octanol–water partition coefficient (Wildman–Crippen LogP) is 0.491. The lowest BCUT2D eigenvalue weighted by molar-refractivity contribution is -0.134. The van der Waals surface area contributed by atoms with Gasteiger partial charge in [-0.3, -0.25) is 9.69 Å². The van der Waals surface area contributed by atoms with Crippen molar-refractivity contribution in [3.8, 4) is 0 Å². The minimum Gasteiger partial charge on any atom is -0.370 e. The number of amides is 1. The molecular formula is C13H21N5O. The molecule has 0 saturated carbocycles. The zero-order valence-electron chi connectivity index (χ0n) is 11.8. The van der Waals surface area contributed by atoms with Crippen molar-refractivity contribution in [3.63, 3.8) is 0 Å². The third kappa shape index (κ3) is 3.64. The Labute approximate surface area is 113 Å². The highest BCUT2D eigenvalue weighted by Crippen LogP contribution is 2.10. The van der Waals surface area contributed by atoms with Crippen molar-refractivity contribution in [1.82, 2.24) is 19.8 Å². The van der Waals surface area contributed by atoms with E-state index in [2.05, 4.69) is 20.2 Å². The van der Waals surface area contributed by atoms with Gasteiger partial charge in [0.2, 0.25) is 5.91 Å². The lowest BCUT2D eigenvalue weighted by Gasteiger charge is -2.31. The highest BCUT2D eigenvalue weighted by atomic mass is 16.2. The Kier molecular flexibility index (Phi) is 4.31. The van der Waals surface area contributed by atoms with Crippen LogP contribution in [0, 0.1) is 6.92 Å². The summed E-state index contributed by atoms with van der Waals surface area (Å²) in [5, 5.41) is 3.20. The van der Waals surface area contributed by atoms with E-state index in [4.69, 9.17) is 0 Å². The van der Waals surface area contributed by atoms with Gasteiger partial charge in [-0.15, -0.1) is 0 Å². The minimum atomic E-state index is 0.158. The molecule has 2 heterocycles. The average molecular weight is 263 g/mol. The van der Waals surface area contributed by atoms with Gasteiger partial charge in [-0.05, 0) is 13.8 Å². The number of rotatable bonds is 4. The molecule has 1 aliphatic heterocycles. The van der Waals surface area contributed by atoms with Crippen molar-refractivity contribution < 1.29 is 4.79 Å². The third-order valence-electron chi connectivity index (χ3n) is 3.16. The first-order valence-electron chi connectivity index (χ1n) is 6.63. The van der Waals surface area contributed by atoms with Crippen LogP contribution >= 0.6 is 0 Å². The van der Waals surface area contributed by atoms with Crippen LogP contribution in [-0.4, -0.2) is 58.9 Å². The van der Waals surface area contributed by atoms with Crippen LogP contribution < -0.4 is 5.32 Å². The molecule has 0 atom stereocenters. The summed E-state index contributed by atoms with van der Waals surface area (Å²) in [4.78, 5) is 24.4. The fourth-order valence-corrected chi connectivity index (χ4v) is 2.11. The fourth-order valence-electron chi connectivity index (χ4n) is 2.11. The van der Waals surface area contributed by atoms with Gasteiger partial charge >= 0.3 is 0 Å². The van der Waals surface area contributed by atoms with E-state index in [1.165, 1.54) is 0 Å². The maximum Gasteiger partial charge on any atom is 0.236 e. The van der Waals surface area contributed by atoms with Gasteiger partial charge in [0.25, 0.3) is 0 Å². The molecule has 0 radical (unpaired) electrons. The molecule has 0 spiro atoms. The van der Waals surface area contributed by atoms with Gasteiger partial charge < -0.3 is 10.2 Å². The number of aryl methyl sites for hydroxylation is 1. The first-order valence-corrected chi connectivity index (χ1v) is 6.63. The zero-order chi connectivity index (χ0) is 13.8. The lowest BCUT2D eigenvalue weighted by Crippen LogP contribution is -2.48. The lowest BCUT2D eigenvalue weighted by atomic mass is 10.3. The Hall–Kier alpha value is -1.69. The Bertz CT molecular complexity index is 462. The van der Waals surface area contributed by atoms with Gasteiger partial charge in [-0.1, -0.05) is 0 Å². The number of anilines is 1. The van der Waals surface area contributed by atoms with E-state index in [-0.39, 0.29) is 5.91 Å². The van der Waals surface area contributed by atoms with Gasteiger partial charge in [0.1, 0.15) is 11.6 Å². The second kappa shape index (κ2) is 5.97. The van der Waals surface area contributed by atoms with Gasteiger partial charge in [-0.2, -0.15) is 0 Å². The molecule has 6 heteroatoms. The first kappa shape index (κ1) is 13.7. The van der Waals surface area contributed by atoms with E-state index in [0.717, 1.165) is 37.0 Å². The standard InChI is InChI=1S/C13H21N5O/c1-4-14-11-7-10(2)15-12(16-11)8-18-6-5-17(3)13(19)9-18/h7H,4-6,8-9H2,1-3H3,(H,14,15,16). The van der Waals surface area contributed by atoms with Crippen LogP contribution in [0.2, 0.25) is 0 Å². The maximum atomic E-state index is 11.7. The van der Waals surface area contributed by atoms with Crippen LogP contribution in [0.1, 0.15) is 18.4 Å². The quantitative estimate of drug-likeness (QED) is 0.856. The number of piperazine rings is 1. The second-order valence-corrected chi connectivity index (χ2v) is 4.87. The molecular weight excluding hydrogens is 242 g/mol. The Balaban J connectivity index is 2.04. The van der Waals surface area contributed by atoms with Crippen molar-refractivity contribution in [1.29, 1.82) is 0 Å². The monoisotopic (exact) mass is 263 g/mol. The molecule has 1 amide bonds. The van der Waals surface area contributed by atoms with Crippen LogP contribution in [0.5, 0.6) is 0 Å². The molecule has 104 valence electrons. The molecule has 1 N–H and O–H groups in total. The number of hydrogen-bond acceptors (Lipinski definition) is 5. The topological polar surface area (TPSA) is 61.4 Å². The molecule has 1 aromatic heterocycles. The summed E-state index contributed by atoms with van der Waals surface area (Å²) in [6.45, 7) is 7.55. The van der Waals surface area contributed by atoms with E-state index in [1.807, 2.05) is 27.0 Å².